The molecule has 2 aromatic heterocycles. The van der Waals surface area contributed by atoms with Crippen LogP contribution >= 0.6 is 23.1 Å². The minimum absolute atomic E-state index is 0.217. The number of rotatable bonds is 7. The van der Waals surface area contributed by atoms with Crippen LogP contribution in [0.3, 0.4) is 0 Å². The minimum atomic E-state index is -0.220. The van der Waals surface area contributed by atoms with E-state index in [0.717, 1.165) is 42.3 Å². The van der Waals surface area contributed by atoms with E-state index in [4.69, 9.17) is 15.5 Å². The van der Waals surface area contributed by atoms with Crippen molar-refractivity contribution in [3.05, 3.63) is 10.4 Å². The number of hydrogen-bond donors (Lipinski definition) is 1. The molecule has 0 unspecified atom stereocenters. The molecule has 2 N–H and O–H groups in total. The lowest BCUT2D eigenvalue weighted by Gasteiger charge is -2.33. The number of nitrogens with two attached hydrogens (primary N) is 1. The van der Waals surface area contributed by atoms with Crippen LogP contribution in [-0.4, -0.2) is 28.3 Å². The number of nitrogens with zero attached hydrogens (tertiary/aromatic N) is 2. The molecule has 1 aliphatic carbocycles. The first-order chi connectivity index (χ1) is 13.3. The number of hydrogen-bond acceptors (Lipinski definition) is 7. The summed E-state index contributed by atoms with van der Waals surface area (Å²) in [6.45, 7) is 9.57. The van der Waals surface area contributed by atoms with E-state index in [1.807, 2.05) is 0 Å². The van der Waals surface area contributed by atoms with Crippen molar-refractivity contribution < 1.29 is 9.53 Å². The van der Waals surface area contributed by atoms with Gasteiger partial charge < -0.3 is 10.5 Å². The van der Waals surface area contributed by atoms with Gasteiger partial charge in [0.05, 0.1) is 17.7 Å². The Balaban J connectivity index is 1.69. The van der Waals surface area contributed by atoms with Gasteiger partial charge in [-0.15, -0.1) is 11.3 Å². The molecule has 0 saturated heterocycles. The van der Waals surface area contributed by atoms with E-state index in [9.17, 15) is 4.79 Å². The zero-order chi connectivity index (χ0) is 20.3. The Kier molecular flexibility index (Phi) is 6.86. The van der Waals surface area contributed by atoms with Gasteiger partial charge in [0.2, 0.25) is 0 Å². The van der Waals surface area contributed by atoms with E-state index < -0.39 is 0 Å². The van der Waals surface area contributed by atoms with E-state index in [1.165, 1.54) is 28.6 Å². The molecule has 0 amide bonds. The van der Waals surface area contributed by atoms with E-state index in [-0.39, 0.29) is 11.7 Å². The molecule has 0 saturated carbocycles. The molecular weight excluding hydrogens is 390 g/mol. The van der Waals surface area contributed by atoms with E-state index in [0.29, 0.717) is 28.9 Å². The van der Waals surface area contributed by atoms with Gasteiger partial charge in [0.25, 0.3) is 0 Å². The topological polar surface area (TPSA) is 78.1 Å². The van der Waals surface area contributed by atoms with Gasteiger partial charge in [0.15, 0.2) is 5.16 Å². The number of thioether (sulfide) groups is 1. The normalized spacial score (nSPS) is 16.9. The van der Waals surface area contributed by atoms with E-state index in [2.05, 4.69) is 32.7 Å². The Bertz CT molecular complexity index is 842. The highest BCUT2D eigenvalue weighted by molar-refractivity contribution is 7.99. The zero-order valence-corrected chi connectivity index (χ0v) is 19.0. The average molecular weight is 422 g/mol. The number of ether oxygens (including phenoxy) is 1. The van der Waals surface area contributed by atoms with Crippen molar-refractivity contribution in [3.8, 4) is 0 Å². The summed E-state index contributed by atoms with van der Waals surface area (Å²) >= 11 is 3.04. The number of esters is 1. The third kappa shape index (κ3) is 4.98. The summed E-state index contributed by atoms with van der Waals surface area (Å²) in [4.78, 5) is 23.4. The highest BCUT2D eigenvalue weighted by Crippen LogP contribution is 2.44. The maximum atomic E-state index is 11.9. The number of carbonyl (C=O) groups is 1. The SMILES string of the molecule is CCCCCOC(=O)CSc1nc(N)c2c3c(sc2n1)C[C@@H](C(C)(C)C)CC3. The van der Waals surface area contributed by atoms with Gasteiger partial charge in [0, 0.05) is 4.88 Å². The summed E-state index contributed by atoms with van der Waals surface area (Å²) in [7, 11) is 0. The van der Waals surface area contributed by atoms with Crippen molar-refractivity contribution in [3.63, 3.8) is 0 Å². The Morgan fingerprint density at radius 1 is 1.32 bits per heavy atom. The largest absolute Gasteiger partial charge is 0.465 e. The maximum Gasteiger partial charge on any atom is 0.316 e. The fourth-order valence-corrected chi connectivity index (χ4v) is 5.71. The Morgan fingerprint density at radius 2 is 2.11 bits per heavy atom. The van der Waals surface area contributed by atoms with Crippen molar-refractivity contribution in [1.29, 1.82) is 0 Å². The molecule has 7 heteroatoms. The van der Waals surface area contributed by atoms with Crippen LogP contribution < -0.4 is 5.73 Å². The summed E-state index contributed by atoms with van der Waals surface area (Å²) < 4.78 is 5.25. The van der Waals surface area contributed by atoms with Gasteiger partial charge in [-0.3, -0.25) is 4.79 Å². The molecule has 2 heterocycles. The van der Waals surface area contributed by atoms with Crippen LogP contribution in [0.15, 0.2) is 5.16 Å². The Labute approximate surface area is 175 Å². The van der Waals surface area contributed by atoms with Crippen LogP contribution in [0.1, 0.15) is 63.8 Å². The van der Waals surface area contributed by atoms with Gasteiger partial charge >= 0.3 is 5.97 Å². The molecule has 28 heavy (non-hydrogen) atoms. The zero-order valence-electron chi connectivity index (χ0n) is 17.3. The molecule has 0 aliphatic heterocycles. The third-order valence-electron chi connectivity index (χ3n) is 5.47. The molecule has 0 radical (unpaired) electrons. The second kappa shape index (κ2) is 8.99. The molecular formula is C21H31N3O2S2. The lowest BCUT2D eigenvalue weighted by molar-refractivity contribution is -0.140. The van der Waals surface area contributed by atoms with Crippen molar-refractivity contribution in [1.82, 2.24) is 9.97 Å². The number of carbonyl (C=O) groups excluding carboxylic acids is 1. The maximum absolute atomic E-state index is 11.9. The molecule has 0 fully saturated rings. The van der Waals surface area contributed by atoms with Gasteiger partial charge in [-0.2, -0.15) is 0 Å². The average Bonchev–Trinajstić information content (AvgIpc) is 3.01. The molecule has 1 aliphatic rings. The second-order valence-corrected chi connectivity index (χ2v) is 10.6. The summed E-state index contributed by atoms with van der Waals surface area (Å²) in [6, 6.07) is 0. The van der Waals surface area contributed by atoms with Crippen LogP contribution in [0, 0.1) is 11.3 Å². The smallest absolute Gasteiger partial charge is 0.316 e. The minimum Gasteiger partial charge on any atom is -0.465 e. The number of aromatic nitrogens is 2. The summed E-state index contributed by atoms with van der Waals surface area (Å²) in [5.74, 6) is 1.21. The first kappa shape index (κ1) is 21.4. The number of fused-ring (bicyclic) bond motifs is 3. The van der Waals surface area contributed by atoms with Crippen LogP contribution in [-0.2, 0) is 22.4 Å². The first-order valence-corrected chi connectivity index (χ1v) is 12.0. The number of unbranched alkanes of at least 4 members (excludes halogenated alkanes) is 2. The predicted octanol–water partition coefficient (Wildman–Crippen LogP) is 5.25. The molecule has 1 atom stereocenters. The van der Waals surface area contributed by atoms with Crippen molar-refractivity contribution in [2.24, 2.45) is 11.3 Å². The molecule has 154 valence electrons. The molecule has 0 bridgehead atoms. The molecule has 3 rings (SSSR count). The van der Waals surface area contributed by atoms with Gasteiger partial charge in [-0.25, -0.2) is 9.97 Å². The van der Waals surface area contributed by atoms with Crippen LogP contribution in [0.4, 0.5) is 5.82 Å². The first-order valence-electron chi connectivity index (χ1n) is 10.2. The van der Waals surface area contributed by atoms with Gasteiger partial charge in [-0.1, -0.05) is 52.3 Å². The lowest BCUT2D eigenvalue weighted by atomic mass is 9.72. The van der Waals surface area contributed by atoms with Crippen LogP contribution in [0.2, 0.25) is 0 Å². The predicted molar refractivity (Wildman–Crippen MR) is 118 cm³/mol. The van der Waals surface area contributed by atoms with Gasteiger partial charge in [-0.05, 0) is 42.6 Å². The second-order valence-electron chi connectivity index (χ2n) is 8.60. The number of aryl methyl sites for hydroxylation is 1. The van der Waals surface area contributed by atoms with Gasteiger partial charge in [0.1, 0.15) is 10.6 Å². The summed E-state index contributed by atoms with van der Waals surface area (Å²) in [5.41, 5.74) is 7.94. The number of nitrogen functional groups attached to an aromatic ring is 1. The van der Waals surface area contributed by atoms with E-state index >= 15 is 0 Å². The molecule has 0 aromatic carbocycles. The quantitative estimate of drug-likeness (QED) is 0.285. The van der Waals surface area contributed by atoms with Crippen LogP contribution in [0.25, 0.3) is 10.2 Å². The fourth-order valence-electron chi connectivity index (χ4n) is 3.69. The lowest BCUT2D eigenvalue weighted by Crippen LogP contribution is -2.26. The third-order valence-corrected chi connectivity index (χ3v) is 7.44. The number of thiophene rings is 1. The molecule has 2 aromatic rings. The van der Waals surface area contributed by atoms with Crippen molar-refractivity contribution in [2.75, 3.05) is 18.1 Å². The Hall–Kier alpha value is -1.34. The highest BCUT2D eigenvalue weighted by Gasteiger charge is 2.31. The Morgan fingerprint density at radius 3 is 2.82 bits per heavy atom. The summed E-state index contributed by atoms with van der Waals surface area (Å²) in [6.07, 6.45) is 6.42. The van der Waals surface area contributed by atoms with E-state index in [1.54, 1.807) is 11.3 Å². The molecule has 0 spiro atoms. The standard InChI is InChI=1S/C21H31N3O2S2/c1-5-6-7-10-26-16(25)12-27-20-23-18(22)17-14-9-8-13(21(2,3)4)11-15(14)28-19(17)24-20/h13H,5-12H2,1-4H3,(H2,22,23,24)/t13-/m0/s1. The van der Waals surface area contributed by atoms with Crippen LogP contribution in [0.5, 0.6) is 0 Å². The highest BCUT2D eigenvalue weighted by atomic mass is 32.2. The van der Waals surface area contributed by atoms with Crippen molar-refractivity contribution >= 4 is 45.1 Å². The monoisotopic (exact) mass is 421 g/mol. The summed E-state index contributed by atoms with van der Waals surface area (Å²) in [5, 5.41) is 1.58. The van der Waals surface area contributed by atoms with Crippen molar-refractivity contribution in [2.45, 2.75) is 71.4 Å². The molecule has 5 nitrogen and oxygen atoms in total. The fraction of sp³-hybridized carbons (Fsp3) is 0.667. The number of anilines is 1.